The fraction of sp³-hybridized carbons (Fsp3) is 0.179. The molecule has 0 radical (unpaired) electrons. The van der Waals surface area contributed by atoms with Gasteiger partial charge in [-0.2, -0.15) is 12.7 Å². The highest BCUT2D eigenvalue weighted by Gasteiger charge is 2.35. The third-order valence-electron chi connectivity index (χ3n) is 5.36. The molecule has 0 bridgehead atoms. The minimum Gasteiger partial charge on any atom is -0.316 e. The Kier molecular flexibility index (Phi) is 9.40. The van der Waals surface area contributed by atoms with Crippen LogP contribution in [-0.4, -0.2) is 41.0 Å². The van der Waals surface area contributed by atoms with Crippen molar-refractivity contribution in [1.82, 2.24) is 13.5 Å². The van der Waals surface area contributed by atoms with E-state index in [-0.39, 0.29) is 32.7 Å². The molecule has 3 aromatic rings. The quantitative estimate of drug-likeness (QED) is 0.327. The van der Waals surface area contributed by atoms with Gasteiger partial charge in [-0.15, -0.1) is 13.2 Å². The summed E-state index contributed by atoms with van der Waals surface area (Å²) in [7, 11) is -4.21. The molecule has 0 saturated heterocycles. The third-order valence-corrected chi connectivity index (χ3v) is 7.13. The zero-order chi connectivity index (χ0) is 25.1. The Morgan fingerprint density at radius 2 is 1.09 bits per heavy atom. The van der Waals surface area contributed by atoms with Crippen molar-refractivity contribution in [2.45, 2.75) is 19.6 Å². The number of carbonyl (C=O) groups is 1. The molecule has 0 unspecified atom stereocenters. The monoisotopic (exact) mass is 489 g/mol. The Balaban J connectivity index is 1.99. The van der Waals surface area contributed by atoms with Crippen LogP contribution in [0.1, 0.15) is 16.7 Å². The van der Waals surface area contributed by atoms with Gasteiger partial charge in [-0.1, -0.05) is 103 Å². The molecule has 0 spiro atoms. The van der Waals surface area contributed by atoms with Gasteiger partial charge in [-0.05, 0) is 16.7 Å². The van der Waals surface area contributed by atoms with E-state index in [0.717, 1.165) is 15.4 Å². The molecule has 0 aromatic heterocycles. The van der Waals surface area contributed by atoms with E-state index in [0.29, 0.717) is 5.56 Å². The van der Waals surface area contributed by atoms with Crippen LogP contribution in [0.25, 0.3) is 0 Å². The summed E-state index contributed by atoms with van der Waals surface area (Å²) in [6, 6.07) is 27.3. The minimum absolute atomic E-state index is 0.0654. The van der Waals surface area contributed by atoms with Crippen molar-refractivity contribution >= 4 is 16.2 Å². The lowest BCUT2D eigenvalue weighted by molar-refractivity contribution is 0.176. The van der Waals surface area contributed by atoms with Crippen LogP contribution in [0.4, 0.5) is 4.79 Å². The van der Waals surface area contributed by atoms with E-state index in [1.807, 2.05) is 78.9 Å². The van der Waals surface area contributed by atoms with E-state index in [9.17, 15) is 13.2 Å². The molecule has 0 aliphatic rings. The lowest BCUT2D eigenvalue weighted by atomic mass is 10.2. The molecule has 182 valence electrons. The topological polar surface area (TPSA) is 60.9 Å². The van der Waals surface area contributed by atoms with Crippen molar-refractivity contribution in [2.75, 3.05) is 13.1 Å². The smallest absolute Gasteiger partial charge is 0.316 e. The fourth-order valence-electron chi connectivity index (χ4n) is 3.64. The standard InChI is InChI=1S/C28H31N3O3S/c1-3-20-29(22-25-14-8-5-9-15-25)28(32)31(24-27-18-12-7-13-19-27)35(33,34)30(21-4-2)23-26-16-10-6-11-17-26/h3-19H,1-2,20-24H2. The first-order valence-corrected chi connectivity index (χ1v) is 12.8. The maximum atomic E-state index is 14.0. The number of carbonyl (C=O) groups excluding carboxylic acids is 1. The van der Waals surface area contributed by atoms with Crippen molar-refractivity contribution in [3.63, 3.8) is 0 Å². The summed E-state index contributed by atoms with van der Waals surface area (Å²) in [5.74, 6) is 0. The van der Waals surface area contributed by atoms with Crippen LogP contribution in [0.3, 0.4) is 0 Å². The molecule has 3 rings (SSSR count). The maximum absolute atomic E-state index is 14.0. The van der Waals surface area contributed by atoms with E-state index >= 15 is 0 Å². The highest BCUT2D eigenvalue weighted by molar-refractivity contribution is 7.87. The van der Waals surface area contributed by atoms with E-state index < -0.39 is 16.2 Å². The first kappa shape index (κ1) is 25.9. The van der Waals surface area contributed by atoms with Crippen molar-refractivity contribution in [3.05, 3.63) is 133 Å². The number of hydrogen-bond acceptors (Lipinski definition) is 3. The first-order valence-electron chi connectivity index (χ1n) is 11.4. The number of nitrogens with zero attached hydrogens (tertiary/aromatic N) is 3. The highest BCUT2D eigenvalue weighted by Crippen LogP contribution is 2.20. The summed E-state index contributed by atoms with van der Waals surface area (Å²) in [6.07, 6.45) is 3.12. The Morgan fingerprint density at radius 3 is 1.54 bits per heavy atom. The summed E-state index contributed by atoms with van der Waals surface area (Å²) in [6.45, 7) is 8.05. The Labute approximate surface area is 208 Å². The van der Waals surface area contributed by atoms with Gasteiger partial charge in [0.15, 0.2) is 0 Å². The highest BCUT2D eigenvalue weighted by atomic mass is 32.2. The molecule has 35 heavy (non-hydrogen) atoms. The van der Waals surface area contributed by atoms with Crippen molar-refractivity contribution in [2.24, 2.45) is 0 Å². The second-order valence-corrected chi connectivity index (χ2v) is 9.86. The van der Waals surface area contributed by atoms with E-state index in [1.165, 1.54) is 15.3 Å². The van der Waals surface area contributed by atoms with Gasteiger partial charge in [-0.3, -0.25) is 0 Å². The lowest BCUT2D eigenvalue weighted by Crippen LogP contribution is -2.51. The average molecular weight is 490 g/mol. The molecule has 3 aromatic carbocycles. The van der Waals surface area contributed by atoms with Gasteiger partial charge in [0.05, 0.1) is 6.54 Å². The third kappa shape index (κ3) is 7.15. The van der Waals surface area contributed by atoms with Crippen LogP contribution in [-0.2, 0) is 29.8 Å². The number of hydrogen-bond donors (Lipinski definition) is 0. The molecule has 6 nitrogen and oxygen atoms in total. The predicted molar refractivity (Wildman–Crippen MR) is 140 cm³/mol. The second kappa shape index (κ2) is 12.7. The van der Waals surface area contributed by atoms with Gasteiger partial charge >= 0.3 is 16.2 Å². The molecular formula is C28H31N3O3S. The second-order valence-electron chi connectivity index (χ2n) is 8.00. The molecule has 0 aliphatic carbocycles. The van der Waals surface area contributed by atoms with Gasteiger partial charge in [0.2, 0.25) is 0 Å². The Hall–Kier alpha value is -3.68. The summed E-state index contributed by atoms with van der Waals surface area (Å²) in [5.41, 5.74) is 2.42. The van der Waals surface area contributed by atoms with Crippen LogP contribution in [0.15, 0.2) is 116 Å². The number of amides is 2. The largest absolute Gasteiger partial charge is 0.335 e. The Bertz CT molecular complexity index is 1200. The van der Waals surface area contributed by atoms with Gasteiger partial charge in [-0.25, -0.2) is 9.10 Å². The predicted octanol–water partition coefficient (Wildman–Crippen LogP) is 5.23. The van der Waals surface area contributed by atoms with Crippen LogP contribution in [0.2, 0.25) is 0 Å². The molecule has 0 saturated carbocycles. The fourth-order valence-corrected chi connectivity index (χ4v) is 5.15. The van der Waals surface area contributed by atoms with Crippen molar-refractivity contribution in [1.29, 1.82) is 0 Å². The summed E-state index contributed by atoms with van der Waals surface area (Å²) >= 11 is 0. The molecule has 0 N–H and O–H groups in total. The van der Waals surface area contributed by atoms with Crippen molar-refractivity contribution < 1.29 is 13.2 Å². The van der Waals surface area contributed by atoms with E-state index in [1.54, 1.807) is 18.2 Å². The molecule has 0 heterocycles. The van der Waals surface area contributed by atoms with E-state index in [4.69, 9.17) is 0 Å². The molecule has 7 heteroatoms. The molecule has 2 amide bonds. The van der Waals surface area contributed by atoms with Crippen molar-refractivity contribution in [3.8, 4) is 0 Å². The minimum atomic E-state index is -4.21. The Morgan fingerprint density at radius 1 is 0.657 bits per heavy atom. The van der Waals surface area contributed by atoms with Crippen LogP contribution in [0.5, 0.6) is 0 Å². The summed E-state index contributed by atoms with van der Waals surface area (Å²) in [4.78, 5) is 15.3. The van der Waals surface area contributed by atoms with Gasteiger partial charge < -0.3 is 4.90 Å². The molecule has 0 aliphatic heterocycles. The van der Waals surface area contributed by atoms with Crippen LogP contribution >= 0.6 is 0 Å². The summed E-state index contributed by atoms with van der Waals surface area (Å²) in [5, 5.41) is 0. The van der Waals surface area contributed by atoms with E-state index in [2.05, 4.69) is 13.2 Å². The SMILES string of the molecule is C=CCN(Cc1ccccc1)C(=O)N(Cc1ccccc1)S(=O)(=O)N(CC=C)Cc1ccccc1. The first-order chi connectivity index (χ1) is 17.0. The molecule has 0 fully saturated rings. The van der Waals surface area contributed by atoms with Gasteiger partial charge in [0, 0.05) is 26.2 Å². The average Bonchev–Trinajstić information content (AvgIpc) is 2.88. The zero-order valence-corrected chi connectivity index (χ0v) is 20.6. The lowest BCUT2D eigenvalue weighted by Gasteiger charge is -2.33. The van der Waals surface area contributed by atoms with Crippen LogP contribution < -0.4 is 0 Å². The molecular weight excluding hydrogens is 458 g/mol. The molecule has 0 atom stereocenters. The number of urea groups is 1. The number of rotatable bonds is 12. The zero-order valence-electron chi connectivity index (χ0n) is 19.7. The van der Waals surface area contributed by atoms with Gasteiger partial charge in [0.25, 0.3) is 0 Å². The van der Waals surface area contributed by atoms with Gasteiger partial charge in [0.1, 0.15) is 0 Å². The number of benzene rings is 3. The summed E-state index contributed by atoms with van der Waals surface area (Å²) < 4.78 is 30.1. The normalized spacial score (nSPS) is 11.1. The maximum Gasteiger partial charge on any atom is 0.335 e. The van der Waals surface area contributed by atoms with Crippen LogP contribution in [0, 0.1) is 0 Å².